The summed E-state index contributed by atoms with van der Waals surface area (Å²) in [4.78, 5) is 27.4. The van der Waals surface area contributed by atoms with Crippen molar-refractivity contribution in [1.29, 1.82) is 0 Å². The van der Waals surface area contributed by atoms with Gasteiger partial charge < -0.3 is 14.5 Å². The maximum absolute atomic E-state index is 13.8. The lowest BCUT2D eigenvalue weighted by Crippen LogP contribution is -2.40. The van der Waals surface area contributed by atoms with Crippen LogP contribution in [0.15, 0.2) is 77.7 Å². The molecule has 0 bridgehead atoms. The summed E-state index contributed by atoms with van der Waals surface area (Å²) in [7, 11) is 1.61. The van der Waals surface area contributed by atoms with E-state index in [4.69, 9.17) is 4.74 Å². The second kappa shape index (κ2) is 9.82. The van der Waals surface area contributed by atoms with Gasteiger partial charge in [-0.05, 0) is 55.4 Å². The van der Waals surface area contributed by atoms with Gasteiger partial charge in [0.2, 0.25) is 0 Å². The molecule has 2 heterocycles. The highest BCUT2D eigenvalue weighted by Crippen LogP contribution is 2.25. The Morgan fingerprint density at radius 3 is 2.43 bits per heavy atom. The third-order valence-electron chi connectivity index (χ3n) is 7.10. The van der Waals surface area contributed by atoms with E-state index in [2.05, 4.69) is 12.2 Å². The largest absolute Gasteiger partial charge is 0.496 e. The van der Waals surface area contributed by atoms with Gasteiger partial charge in [-0.2, -0.15) is 0 Å². The number of carbonyl (C=O) groups excluding carboxylic acids is 1. The van der Waals surface area contributed by atoms with Crippen LogP contribution in [0.2, 0.25) is 0 Å². The SMILES string of the molecule is COc1ccccc1Cn1c(C(=O)NC2CCC(C)CC2)cn2c(-c3ccccc3)ccc2c1=O. The molecule has 0 aliphatic heterocycles. The second-order valence-electron chi connectivity index (χ2n) is 9.49. The summed E-state index contributed by atoms with van der Waals surface area (Å²) < 4.78 is 8.93. The first-order valence-corrected chi connectivity index (χ1v) is 12.3. The zero-order valence-electron chi connectivity index (χ0n) is 20.2. The fourth-order valence-electron chi connectivity index (χ4n) is 5.05. The molecule has 0 saturated heterocycles. The highest BCUT2D eigenvalue weighted by molar-refractivity contribution is 5.93. The molecule has 1 aliphatic rings. The fraction of sp³-hybridized carbons (Fsp3) is 0.310. The molecule has 5 rings (SSSR count). The highest BCUT2D eigenvalue weighted by atomic mass is 16.5. The Hall–Kier alpha value is -3.80. The van der Waals surface area contributed by atoms with E-state index in [0.29, 0.717) is 22.9 Å². The molecule has 2 aromatic heterocycles. The van der Waals surface area contributed by atoms with Crippen LogP contribution in [-0.2, 0) is 6.54 Å². The summed E-state index contributed by atoms with van der Waals surface area (Å²) in [5, 5.41) is 3.21. The normalized spacial score (nSPS) is 17.9. The van der Waals surface area contributed by atoms with Gasteiger partial charge in [0.25, 0.3) is 11.5 Å². The van der Waals surface area contributed by atoms with Crippen molar-refractivity contribution in [2.75, 3.05) is 7.11 Å². The van der Waals surface area contributed by atoms with Crippen molar-refractivity contribution < 1.29 is 9.53 Å². The Bertz CT molecular complexity index is 1400. The minimum atomic E-state index is -0.217. The minimum absolute atomic E-state index is 0.127. The Morgan fingerprint density at radius 1 is 0.971 bits per heavy atom. The molecular weight excluding hydrogens is 438 g/mol. The lowest BCUT2D eigenvalue weighted by Gasteiger charge is -2.27. The third-order valence-corrected chi connectivity index (χ3v) is 7.10. The summed E-state index contributed by atoms with van der Waals surface area (Å²) in [6, 6.07) is 21.4. The van der Waals surface area contributed by atoms with Crippen LogP contribution >= 0.6 is 0 Å². The van der Waals surface area contributed by atoms with Crippen LogP contribution in [-0.4, -0.2) is 28.0 Å². The van der Waals surface area contributed by atoms with Gasteiger partial charge in [-0.3, -0.25) is 14.2 Å². The van der Waals surface area contributed by atoms with E-state index in [0.717, 1.165) is 42.5 Å². The number of fused-ring (bicyclic) bond motifs is 1. The van der Waals surface area contributed by atoms with Crippen molar-refractivity contribution in [2.24, 2.45) is 5.92 Å². The van der Waals surface area contributed by atoms with Crippen molar-refractivity contribution in [1.82, 2.24) is 14.3 Å². The molecule has 0 radical (unpaired) electrons. The number of benzene rings is 2. The Balaban J connectivity index is 1.61. The summed E-state index contributed by atoms with van der Waals surface area (Å²) in [6.45, 7) is 2.50. The second-order valence-corrected chi connectivity index (χ2v) is 9.49. The van der Waals surface area contributed by atoms with Gasteiger partial charge in [-0.1, -0.05) is 55.5 Å². The summed E-state index contributed by atoms with van der Waals surface area (Å²) >= 11 is 0. The molecule has 6 nitrogen and oxygen atoms in total. The number of nitrogens with one attached hydrogen (secondary N) is 1. The van der Waals surface area contributed by atoms with Crippen molar-refractivity contribution in [3.63, 3.8) is 0 Å². The van der Waals surface area contributed by atoms with Crippen LogP contribution in [0.1, 0.15) is 48.7 Å². The molecule has 1 fully saturated rings. The van der Waals surface area contributed by atoms with Crippen LogP contribution in [0.5, 0.6) is 5.75 Å². The topological polar surface area (TPSA) is 64.7 Å². The van der Waals surface area contributed by atoms with Crippen molar-refractivity contribution in [3.05, 3.63) is 94.5 Å². The Kier molecular flexibility index (Phi) is 6.45. The summed E-state index contributed by atoms with van der Waals surface area (Å²) in [5.74, 6) is 1.16. The maximum atomic E-state index is 13.8. The van der Waals surface area contributed by atoms with Gasteiger partial charge in [-0.25, -0.2) is 0 Å². The average molecular weight is 470 g/mol. The number of rotatable bonds is 6. The first kappa shape index (κ1) is 23.0. The van der Waals surface area contributed by atoms with E-state index in [-0.39, 0.29) is 24.1 Å². The molecule has 2 aromatic carbocycles. The zero-order valence-corrected chi connectivity index (χ0v) is 20.2. The molecule has 1 aliphatic carbocycles. The van der Waals surface area contributed by atoms with E-state index < -0.39 is 0 Å². The van der Waals surface area contributed by atoms with Gasteiger partial charge in [0.05, 0.1) is 19.3 Å². The third kappa shape index (κ3) is 4.61. The lowest BCUT2D eigenvalue weighted by molar-refractivity contribution is 0.0912. The van der Waals surface area contributed by atoms with Gasteiger partial charge in [-0.15, -0.1) is 0 Å². The lowest BCUT2D eigenvalue weighted by atomic mass is 9.87. The quantitative estimate of drug-likeness (QED) is 0.426. The first-order valence-electron chi connectivity index (χ1n) is 12.3. The van der Waals surface area contributed by atoms with E-state index >= 15 is 0 Å². The summed E-state index contributed by atoms with van der Waals surface area (Å²) in [6.07, 6.45) is 5.94. The molecule has 6 heteroatoms. The molecule has 4 aromatic rings. The van der Waals surface area contributed by atoms with Crippen LogP contribution in [0, 0.1) is 5.92 Å². The maximum Gasteiger partial charge on any atom is 0.275 e. The number of nitrogens with zero attached hydrogens (tertiary/aromatic N) is 2. The number of para-hydroxylation sites is 1. The van der Waals surface area contributed by atoms with Gasteiger partial charge in [0.1, 0.15) is 17.0 Å². The Morgan fingerprint density at radius 2 is 1.69 bits per heavy atom. The molecule has 0 unspecified atom stereocenters. The predicted molar refractivity (Wildman–Crippen MR) is 138 cm³/mol. The summed E-state index contributed by atoms with van der Waals surface area (Å²) in [5.41, 5.74) is 3.38. The standard InChI is InChI=1S/C29H31N3O3/c1-20-12-14-23(15-13-20)30-28(33)26-19-31-24(21-8-4-3-5-9-21)16-17-25(31)29(34)32(26)18-22-10-6-7-11-27(22)35-2/h3-11,16-17,19-20,23H,12-15,18H2,1-2H3,(H,30,33). The number of methoxy groups -OCH3 is 1. The van der Waals surface area contributed by atoms with Crippen LogP contribution in [0.4, 0.5) is 0 Å². The minimum Gasteiger partial charge on any atom is -0.496 e. The van der Waals surface area contributed by atoms with Gasteiger partial charge >= 0.3 is 0 Å². The monoisotopic (exact) mass is 469 g/mol. The molecule has 0 spiro atoms. The number of hydrogen-bond donors (Lipinski definition) is 1. The number of ether oxygens (including phenoxy) is 1. The molecule has 1 saturated carbocycles. The number of aromatic nitrogens is 2. The van der Waals surface area contributed by atoms with E-state index in [9.17, 15) is 9.59 Å². The zero-order chi connectivity index (χ0) is 24.4. The van der Waals surface area contributed by atoms with Crippen molar-refractivity contribution in [3.8, 4) is 17.0 Å². The highest BCUT2D eigenvalue weighted by Gasteiger charge is 2.24. The fourth-order valence-corrected chi connectivity index (χ4v) is 5.05. The predicted octanol–water partition coefficient (Wildman–Crippen LogP) is 5.13. The van der Waals surface area contributed by atoms with Crippen LogP contribution < -0.4 is 15.6 Å². The van der Waals surface area contributed by atoms with E-state index in [1.165, 1.54) is 0 Å². The number of hydrogen-bond acceptors (Lipinski definition) is 3. The van der Waals surface area contributed by atoms with Crippen LogP contribution in [0.3, 0.4) is 0 Å². The molecule has 1 amide bonds. The molecule has 1 N–H and O–H groups in total. The van der Waals surface area contributed by atoms with Crippen LogP contribution in [0.25, 0.3) is 16.8 Å². The molecular formula is C29H31N3O3. The van der Waals surface area contributed by atoms with Gasteiger partial charge in [0, 0.05) is 17.8 Å². The van der Waals surface area contributed by atoms with Crippen molar-refractivity contribution >= 4 is 11.4 Å². The average Bonchev–Trinajstić information content (AvgIpc) is 3.32. The first-order chi connectivity index (χ1) is 17.0. The van der Waals surface area contributed by atoms with Gasteiger partial charge in [0.15, 0.2) is 0 Å². The van der Waals surface area contributed by atoms with E-state index in [1.807, 2.05) is 71.1 Å². The number of amides is 1. The Labute approximate surface area is 205 Å². The molecule has 35 heavy (non-hydrogen) atoms. The van der Waals surface area contributed by atoms with Crippen molar-refractivity contribution in [2.45, 2.75) is 45.2 Å². The molecule has 180 valence electrons. The molecule has 0 atom stereocenters. The van der Waals surface area contributed by atoms with E-state index in [1.54, 1.807) is 17.9 Å². The number of carbonyl (C=O) groups is 1. The smallest absolute Gasteiger partial charge is 0.275 e.